The first-order chi connectivity index (χ1) is 10.1. The number of nitrogens with zero attached hydrogens (tertiary/aromatic N) is 5. The molecular weight excluding hydrogens is 266 g/mol. The van der Waals surface area contributed by atoms with Crippen molar-refractivity contribution in [1.29, 1.82) is 5.26 Å². The zero-order valence-electron chi connectivity index (χ0n) is 12.5. The Morgan fingerprint density at radius 2 is 2.19 bits per heavy atom. The predicted octanol–water partition coefficient (Wildman–Crippen LogP) is 2.58. The summed E-state index contributed by atoms with van der Waals surface area (Å²) >= 11 is 0. The molecule has 0 saturated heterocycles. The summed E-state index contributed by atoms with van der Waals surface area (Å²) < 4.78 is 1.74. The molecular formula is C15H19N5O. The Labute approximate surface area is 124 Å². The van der Waals surface area contributed by atoms with Crippen LogP contribution in [0.25, 0.3) is 5.70 Å². The lowest BCUT2D eigenvalue weighted by molar-refractivity contribution is 0.229. The Kier molecular flexibility index (Phi) is 4.13. The van der Waals surface area contributed by atoms with Crippen molar-refractivity contribution in [1.82, 2.24) is 14.5 Å². The molecule has 1 aromatic rings. The molecule has 0 unspecified atom stereocenters. The quantitative estimate of drug-likeness (QED) is 0.781. The summed E-state index contributed by atoms with van der Waals surface area (Å²) in [5.74, 6) is 0.792. The summed E-state index contributed by atoms with van der Waals surface area (Å²) in [5, 5.41) is 9.26. The number of carbonyl (C=O) groups excluding carboxylic acids is 1. The SMILES string of the molecule is C=CCn1c(C#N)nc2c1C(=C)N(C)C(=O)N2CCCC. The number of nitriles is 1. The molecule has 0 radical (unpaired) electrons. The van der Waals surface area contributed by atoms with Gasteiger partial charge in [-0.25, -0.2) is 9.78 Å². The highest BCUT2D eigenvalue weighted by Gasteiger charge is 2.35. The lowest BCUT2D eigenvalue weighted by atomic mass is 10.2. The van der Waals surface area contributed by atoms with Gasteiger partial charge in [0.2, 0.25) is 5.82 Å². The van der Waals surface area contributed by atoms with Gasteiger partial charge >= 0.3 is 6.03 Å². The van der Waals surface area contributed by atoms with Crippen molar-refractivity contribution in [2.45, 2.75) is 26.3 Å². The normalized spacial score (nSPS) is 14.1. The average Bonchev–Trinajstić information content (AvgIpc) is 2.84. The lowest BCUT2D eigenvalue weighted by Crippen LogP contribution is -2.45. The van der Waals surface area contributed by atoms with Gasteiger partial charge in [0.05, 0.1) is 5.70 Å². The number of anilines is 1. The molecule has 2 rings (SSSR count). The Morgan fingerprint density at radius 1 is 1.48 bits per heavy atom. The number of amides is 2. The van der Waals surface area contributed by atoms with Crippen molar-refractivity contribution in [2.75, 3.05) is 18.5 Å². The number of carbonyl (C=O) groups is 1. The fourth-order valence-electron chi connectivity index (χ4n) is 2.37. The van der Waals surface area contributed by atoms with Crippen LogP contribution in [0.1, 0.15) is 31.3 Å². The standard InChI is InChI=1S/C15H19N5O/c1-5-7-9-20-14-13(11(3)18(4)15(20)21)19(8-6-2)12(10-16)17-14/h6H,2-3,5,7-9H2,1,4H3. The smallest absolute Gasteiger partial charge is 0.309 e. The monoisotopic (exact) mass is 285 g/mol. The van der Waals surface area contributed by atoms with Crippen LogP contribution < -0.4 is 4.90 Å². The maximum Gasteiger partial charge on any atom is 0.329 e. The van der Waals surface area contributed by atoms with Gasteiger partial charge in [-0.05, 0) is 6.42 Å². The van der Waals surface area contributed by atoms with Crippen LogP contribution in [0.3, 0.4) is 0 Å². The summed E-state index contributed by atoms with van der Waals surface area (Å²) in [4.78, 5) is 19.9. The van der Waals surface area contributed by atoms with E-state index in [-0.39, 0.29) is 11.9 Å². The summed E-state index contributed by atoms with van der Waals surface area (Å²) in [5.41, 5.74) is 1.27. The van der Waals surface area contributed by atoms with Crippen LogP contribution in [0.4, 0.5) is 10.6 Å². The second-order valence-corrected chi connectivity index (χ2v) is 4.91. The van der Waals surface area contributed by atoms with Gasteiger partial charge < -0.3 is 4.57 Å². The van der Waals surface area contributed by atoms with Gasteiger partial charge in [0, 0.05) is 20.1 Å². The van der Waals surface area contributed by atoms with E-state index in [1.54, 1.807) is 22.6 Å². The second-order valence-electron chi connectivity index (χ2n) is 4.91. The van der Waals surface area contributed by atoms with E-state index < -0.39 is 0 Å². The lowest BCUT2D eigenvalue weighted by Gasteiger charge is -2.34. The van der Waals surface area contributed by atoms with Crippen LogP contribution in [0.5, 0.6) is 0 Å². The van der Waals surface area contributed by atoms with Crippen LogP contribution in [0.2, 0.25) is 0 Å². The molecule has 110 valence electrons. The number of hydrogen-bond donors (Lipinski definition) is 0. The number of aromatic nitrogens is 2. The number of urea groups is 1. The first-order valence-corrected chi connectivity index (χ1v) is 6.92. The summed E-state index contributed by atoms with van der Waals surface area (Å²) in [6.45, 7) is 10.8. The van der Waals surface area contributed by atoms with E-state index in [1.807, 2.05) is 0 Å². The molecule has 21 heavy (non-hydrogen) atoms. The molecule has 1 aromatic heterocycles. The molecule has 0 aromatic carbocycles. The number of allylic oxidation sites excluding steroid dienone is 1. The van der Waals surface area contributed by atoms with E-state index in [9.17, 15) is 10.1 Å². The Balaban J connectivity index is 2.60. The Bertz CT molecular complexity index is 637. The van der Waals surface area contributed by atoms with E-state index in [0.717, 1.165) is 12.8 Å². The molecule has 0 atom stereocenters. The molecule has 6 nitrogen and oxygen atoms in total. The third-order valence-electron chi connectivity index (χ3n) is 3.55. The third-order valence-corrected chi connectivity index (χ3v) is 3.55. The van der Waals surface area contributed by atoms with Crippen molar-refractivity contribution >= 4 is 17.5 Å². The van der Waals surface area contributed by atoms with Gasteiger partial charge in [0.15, 0.2) is 5.82 Å². The van der Waals surface area contributed by atoms with Gasteiger partial charge in [-0.15, -0.1) is 6.58 Å². The van der Waals surface area contributed by atoms with E-state index in [4.69, 9.17) is 0 Å². The van der Waals surface area contributed by atoms with Crippen molar-refractivity contribution in [3.63, 3.8) is 0 Å². The molecule has 0 bridgehead atoms. The number of rotatable bonds is 5. The molecule has 0 aliphatic carbocycles. The molecule has 0 N–H and O–H groups in total. The molecule has 6 heteroatoms. The van der Waals surface area contributed by atoms with Gasteiger partial charge in [-0.1, -0.05) is 26.0 Å². The molecule has 2 amide bonds. The van der Waals surface area contributed by atoms with Crippen molar-refractivity contribution in [3.8, 4) is 6.07 Å². The van der Waals surface area contributed by atoms with Crippen LogP contribution >= 0.6 is 0 Å². The van der Waals surface area contributed by atoms with Crippen LogP contribution in [0.15, 0.2) is 19.2 Å². The number of unbranched alkanes of at least 4 members (excludes halogenated alkanes) is 1. The van der Waals surface area contributed by atoms with Crippen molar-refractivity contribution < 1.29 is 4.79 Å². The van der Waals surface area contributed by atoms with Crippen LogP contribution in [-0.2, 0) is 6.54 Å². The van der Waals surface area contributed by atoms with E-state index in [2.05, 4.69) is 31.1 Å². The highest BCUT2D eigenvalue weighted by molar-refractivity contribution is 6.02. The minimum absolute atomic E-state index is 0.159. The molecule has 1 aliphatic heterocycles. The number of imidazole rings is 1. The number of hydrogen-bond acceptors (Lipinski definition) is 3. The summed E-state index contributed by atoms with van der Waals surface area (Å²) in [6, 6.07) is 1.91. The van der Waals surface area contributed by atoms with E-state index in [1.165, 1.54) is 4.90 Å². The first-order valence-electron chi connectivity index (χ1n) is 6.92. The Morgan fingerprint density at radius 3 is 2.76 bits per heavy atom. The molecule has 0 fully saturated rings. The van der Waals surface area contributed by atoms with Crippen molar-refractivity contribution in [3.05, 3.63) is 30.8 Å². The fourth-order valence-corrected chi connectivity index (χ4v) is 2.37. The fraction of sp³-hybridized carbons (Fsp3) is 0.400. The first kappa shape index (κ1) is 14.9. The van der Waals surface area contributed by atoms with Crippen molar-refractivity contribution in [2.24, 2.45) is 0 Å². The van der Waals surface area contributed by atoms with Gasteiger partial charge in [0.25, 0.3) is 0 Å². The van der Waals surface area contributed by atoms with Crippen LogP contribution in [-0.4, -0.2) is 34.1 Å². The Hall–Kier alpha value is -2.55. The van der Waals surface area contributed by atoms with Gasteiger partial charge in [-0.2, -0.15) is 5.26 Å². The zero-order chi connectivity index (χ0) is 15.6. The molecule has 0 saturated carbocycles. The third kappa shape index (κ3) is 2.31. The van der Waals surface area contributed by atoms with E-state index >= 15 is 0 Å². The minimum Gasteiger partial charge on any atom is -0.309 e. The zero-order valence-corrected chi connectivity index (χ0v) is 12.5. The molecule has 2 heterocycles. The molecule has 1 aliphatic rings. The van der Waals surface area contributed by atoms with Gasteiger partial charge in [0.1, 0.15) is 11.8 Å². The second kappa shape index (κ2) is 5.83. The minimum atomic E-state index is -0.159. The predicted molar refractivity (Wildman–Crippen MR) is 81.6 cm³/mol. The topological polar surface area (TPSA) is 65.2 Å². The average molecular weight is 285 g/mol. The highest BCUT2D eigenvalue weighted by Crippen LogP contribution is 2.34. The summed E-state index contributed by atoms with van der Waals surface area (Å²) in [7, 11) is 1.68. The maximum absolute atomic E-state index is 12.4. The van der Waals surface area contributed by atoms with E-state index in [0.29, 0.717) is 30.3 Å². The maximum atomic E-state index is 12.4. The largest absolute Gasteiger partial charge is 0.329 e. The van der Waals surface area contributed by atoms with Crippen LogP contribution in [0, 0.1) is 11.3 Å². The molecule has 0 spiro atoms. The highest BCUT2D eigenvalue weighted by atomic mass is 16.2. The summed E-state index contributed by atoms with van der Waals surface area (Å²) in [6.07, 6.45) is 3.55. The number of fused-ring (bicyclic) bond motifs is 1. The van der Waals surface area contributed by atoms with Gasteiger partial charge in [-0.3, -0.25) is 9.80 Å².